The monoisotopic (exact) mass is 303 g/mol. The van der Waals surface area contributed by atoms with Crippen LogP contribution in [0, 0.1) is 0 Å². The van der Waals surface area contributed by atoms with Crippen molar-refractivity contribution in [1.29, 1.82) is 0 Å². The first-order chi connectivity index (χ1) is 10.1. The Bertz CT molecular complexity index is 594. The molecule has 1 aromatic carbocycles. The average molecular weight is 303 g/mol. The number of nitrogens with one attached hydrogen (secondary N) is 2. The second kappa shape index (κ2) is 7.44. The van der Waals surface area contributed by atoms with Crippen molar-refractivity contribution >= 4 is 29.0 Å². The summed E-state index contributed by atoms with van der Waals surface area (Å²) < 4.78 is 0. The predicted octanol–water partition coefficient (Wildman–Crippen LogP) is 2.49. The van der Waals surface area contributed by atoms with Crippen LogP contribution in [0.15, 0.2) is 41.8 Å². The zero-order valence-corrected chi connectivity index (χ0v) is 12.3. The van der Waals surface area contributed by atoms with Gasteiger partial charge in [-0.05, 0) is 35.6 Å². The Morgan fingerprint density at radius 1 is 1.14 bits per heavy atom. The molecule has 0 fully saturated rings. The fourth-order valence-corrected chi connectivity index (χ4v) is 2.54. The van der Waals surface area contributed by atoms with Crippen LogP contribution in [0.1, 0.15) is 16.9 Å². The lowest BCUT2D eigenvalue weighted by Gasteiger charge is -2.06. The van der Waals surface area contributed by atoms with E-state index in [0.29, 0.717) is 18.7 Å². The van der Waals surface area contributed by atoms with E-state index in [-0.39, 0.29) is 5.91 Å². The predicted molar refractivity (Wildman–Crippen MR) is 84.1 cm³/mol. The Labute approximate surface area is 127 Å². The largest absolute Gasteiger partial charge is 0.352 e. The molecule has 3 amide bonds. The van der Waals surface area contributed by atoms with E-state index >= 15 is 0 Å². The van der Waals surface area contributed by atoms with Crippen LogP contribution in [0.2, 0.25) is 0 Å². The summed E-state index contributed by atoms with van der Waals surface area (Å²) >= 11 is 1.66. The zero-order chi connectivity index (χ0) is 15.1. The van der Waals surface area contributed by atoms with Gasteiger partial charge < -0.3 is 16.4 Å². The normalized spacial score (nSPS) is 10.1. The van der Waals surface area contributed by atoms with Gasteiger partial charge in [0.2, 0.25) is 5.91 Å². The van der Waals surface area contributed by atoms with Crippen LogP contribution in [-0.4, -0.2) is 11.9 Å². The Morgan fingerprint density at radius 3 is 2.52 bits per heavy atom. The van der Waals surface area contributed by atoms with Gasteiger partial charge >= 0.3 is 6.03 Å². The molecule has 0 saturated carbocycles. The number of aryl methyl sites for hydroxylation is 1. The second-order valence-electron chi connectivity index (χ2n) is 4.54. The van der Waals surface area contributed by atoms with Gasteiger partial charge in [0.05, 0.1) is 0 Å². The van der Waals surface area contributed by atoms with Crippen LogP contribution in [-0.2, 0) is 17.8 Å². The molecule has 21 heavy (non-hydrogen) atoms. The van der Waals surface area contributed by atoms with E-state index < -0.39 is 6.03 Å². The number of thiophene rings is 1. The first kappa shape index (κ1) is 15.1. The summed E-state index contributed by atoms with van der Waals surface area (Å²) in [6, 6.07) is 10.6. The molecule has 5 nitrogen and oxygen atoms in total. The molecule has 0 radical (unpaired) electrons. The van der Waals surface area contributed by atoms with E-state index in [9.17, 15) is 9.59 Å². The summed E-state index contributed by atoms with van der Waals surface area (Å²) in [5.41, 5.74) is 6.63. The molecule has 0 aliphatic carbocycles. The van der Waals surface area contributed by atoms with Crippen molar-refractivity contribution in [3.8, 4) is 0 Å². The zero-order valence-electron chi connectivity index (χ0n) is 11.5. The number of carbonyl (C=O) groups is 2. The number of anilines is 1. The van der Waals surface area contributed by atoms with Crippen LogP contribution in [0.3, 0.4) is 0 Å². The third-order valence-electron chi connectivity index (χ3n) is 2.89. The van der Waals surface area contributed by atoms with Gasteiger partial charge in [0.25, 0.3) is 0 Å². The molecule has 0 saturated heterocycles. The van der Waals surface area contributed by atoms with E-state index in [1.54, 1.807) is 23.5 Å². The van der Waals surface area contributed by atoms with Gasteiger partial charge in [0, 0.05) is 23.5 Å². The highest BCUT2D eigenvalue weighted by atomic mass is 32.1. The fraction of sp³-hybridized carbons (Fsp3) is 0.200. The van der Waals surface area contributed by atoms with Crippen LogP contribution in [0.25, 0.3) is 0 Å². The number of primary amides is 1. The number of nitrogens with two attached hydrogens (primary N) is 1. The number of hydrogen-bond acceptors (Lipinski definition) is 3. The molecule has 0 unspecified atom stereocenters. The Morgan fingerprint density at radius 2 is 1.90 bits per heavy atom. The van der Waals surface area contributed by atoms with Crippen molar-refractivity contribution in [2.45, 2.75) is 19.4 Å². The molecule has 0 bridgehead atoms. The highest BCUT2D eigenvalue weighted by molar-refractivity contribution is 7.09. The second-order valence-corrected chi connectivity index (χ2v) is 5.57. The highest BCUT2D eigenvalue weighted by Crippen LogP contribution is 2.11. The van der Waals surface area contributed by atoms with Crippen molar-refractivity contribution < 1.29 is 9.59 Å². The summed E-state index contributed by atoms with van der Waals surface area (Å²) in [4.78, 5) is 23.7. The molecule has 0 atom stereocenters. The number of benzene rings is 1. The summed E-state index contributed by atoms with van der Waals surface area (Å²) in [5, 5.41) is 7.37. The third-order valence-corrected chi connectivity index (χ3v) is 3.83. The van der Waals surface area contributed by atoms with Gasteiger partial charge in [-0.3, -0.25) is 4.79 Å². The first-order valence-electron chi connectivity index (χ1n) is 6.58. The SMILES string of the molecule is NC(=O)Nc1ccc(CNC(=O)CCc2cccs2)cc1. The van der Waals surface area contributed by atoms with Crippen LogP contribution < -0.4 is 16.4 Å². The quantitative estimate of drug-likeness (QED) is 0.766. The molecule has 6 heteroatoms. The molecule has 1 aromatic heterocycles. The van der Waals surface area contributed by atoms with Crippen LogP contribution >= 0.6 is 11.3 Å². The maximum Gasteiger partial charge on any atom is 0.316 e. The molecule has 2 rings (SSSR count). The average Bonchev–Trinajstić information content (AvgIpc) is 2.97. The molecular weight excluding hydrogens is 286 g/mol. The number of amides is 3. The van der Waals surface area contributed by atoms with Gasteiger partial charge in [-0.15, -0.1) is 11.3 Å². The smallest absolute Gasteiger partial charge is 0.316 e. The van der Waals surface area contributed by atoms with Crippen molar-refractivity contribution in [2.24, 2.45) is 5.73 Å². The maximum atomic E-state index is 11.7. The Kier molecular flexibility index (Phi) is 5.34. The van der Waals surface area contributed by atoms with Crippen molar-refractivity contribution in [2.75, 3.05) is 5.32 Å². The Balaban J connectivity index is 1.74. The molecule has 0 spiro atoms. The van der Waals surface area contributed by atoms with E-state index in [0.717, 1.165) is 12.0 Å². The highest BCUT2D eigenvalue weighted by Gasteiger charge is 2.03. The molecule has 4 N–H and O–H groups in total. The number of rotatable bonds is 6. The molecule has 0 aliphatic rings. The molecular formula is C15H17N3O2S. The number of urea groups is 1. The summed E-state index contributed by atoms with van der Waals surface area (Å²) in [6.07, 6.45) is 1.26. The summed E-state index contributed by atoms with van der Waals surface area (Å²) in [5.74, 6) is 0.0303. The Hall–Kier alpha value is -2.34. The minimum absolute atomic E-state index is 0.0303. The lowest BCUT2D eigenvalue weighted by molar-refractivity contribution is -0.121. The standard InChI is InChI=1S/C15H17N3O2S/c16-15(20)18-12-5-3-11(4-6-12)10-17-14(19)8-7-13-2-1-9-21-13/h1-6,9H,7-8,10H2,(H,17,19)(H3,16,18,20). The van der Waals surface area contributed by atoms with Crippen LogP contribution in [0.4, 0.5) is 10.5 Å². The first-order valence-corrected chi connectivity index (χ1v) is 7.46. The molecule has 110 valence electrons. The summed E-state index contributed by atoms with van der Waals surface area (Å²) in [6.45, 7) is 0.472. The van der Waals surface area contributed by atoms with Gasteiger partial charge in [0.15, 0.2) is 0 Å². The van der Waals surface area contributed by atoms with E-state index in [1.807, 2.05) is 29.6 Å². The fourth-order valence-electron chi connectivity index (χ4n) is 1.83. The van der Waals surface area contributed by atoms with Gasteiger partial charge in [-0.25, -0.2) is 4.79 Å². The topological polar surface area (TPSA) is 84.2 Å². The van der Waals surface area contributed by atoms with Gasteiger partial charge in [0.1, 0.15) is 0 Å². The van der Waals surface area contributed by atoms with Gasteiger partial charge in [-0.1, -0.05) is 18.2 Å². The van der Waals surface area contributed by atoms with E-state index in [2.05, 4.69) is 10.6 Å². The lowest BCUT2D eigenvalue weighted by atomic mass is 10.2. The maximum absolute atomic E-state index is 11.7. The third kappa shape index (κ3) is 5.27. The number of hydrogen-bond donors (Lipinski definition) is 3. The summed E-state index contributed by atoms with van der Waals surface area (Å²) in [7, 11) is 0. The van der Waals surface area contributed by atoms with E-state index in [4.69, 9.17) is 5.73 Å². The van der Waals surface area contributed by atoms with Crippen molar-refractivity contribution in [3.05, 3.63) is 52.2 Å². The molecule has 2 aromatic rings. The lowest BCUT2D eigenvalue weighted by Crippen LogP contribution is -2.23. The van der Waals surface area contributed by atoms with E-state index in [1.165, 1.54) is 4.88 Å². The molecule has 0 aliphatic heterocycles. The minimum Gasteiger partial charge on any atom is -0.352 e. The molecule has 1 heterocycles. The minimum atomic E-state index is -0.593. The van der Waals surface area contributed by atoms with Gasteiger partial charge in [-0.2, -0.15) is 0 Å². The van der Waals surface area contributed by atoms with Crippen molar-refractivity contribution in [1.82, 2.24) is 5.32 Å². The van der Waals surface area contributed by atoms with Crippen LogP contribution in [0.5, 0.6) is 0 Å². The van der Waals surface area contributed by atoms with Crippen molar-refractivity contribution in [3.63, 3.8) is 0 Å². The number of carbonyl (C=O) groups excluding carboxylic acids is 2.